The van der Waals surface area contributed by atoms with Crippen LogP contribution in [0.25, 0.3) is 5.57 Å². The highest BCUT2D eigenvalue weighted by Crippen LogP contribution is 2.37. The molecule has 0 saturated carbocycles. The molecule has 0 spiro atoms. The maximum absolute atomic E-state index is 13.6. The zero-order valence-electron chi connectivity index (χ0n) is 18.4. The van der Waals surface area contributed by atoms with Crippen molar-refractivity contribution in [3.05, 3.63) is 89.1 Å². The summed E-state index contributed by atoms with van der Waals surface area (Å²) >= 11 is 0. The Labute approximate surface area is 187 Å². The number of carbonyl (C=O) groups is 2. The van der Waals surface area contributed by atoms with Crippen LogP contribution in [0.5, 0.6) is 11.5 Å². The second-order valence-corrected chi connectivity index (χ2v) is 7.60. The number of aryl methyl sites for hydroxylation is 2. The average Bonchev–Trinajstić information content (AvgIpc) is 3.02. The van der Waals surface area contributed by atoms with E-state index in [0.717, 1.165) is 16.8 Å². The van der Waals surface area contributed by atoms with Crippen molar-refractivity contribution in [3.63, 3.8) is 0 Å². The van der Waals surface area contributed by atoms with Crippen molar-refractivity contribution in [1.82, 2.24) is 0 Å². The zero-order chi connectivity index (χ0) is 22.8. The van der Waals surface area contributed by atoms with Crippen molar-refractivity contribution in [2.24, 2.45) is 0 Å². The van der Waals surface area contributed by atoms with E-state index in [-0.39, 0.29) is 11.3 Å². The number of methoxy groups -OCH3 is 2. The normalized spacial score (nSPS) is 13.6. The van der Waals surface area contributed by atoms with E-state index >= 15 is 0 Å². The lowest BCUT2D eigenvalue weighted by Gasteiger charge is -2.16. The maximum atomic E-state index is 13.6. The molecule has 1 aliphatic heterocycles. The van der Waals surface area contributed by atoms with Gasteiger partial charge >= 0.3 is 0 Å². The van der Waals surface area contributed by atoms with Gasteiger partial charge in [0.1, 0.15) is 5.70 Å². The van der Waals surface area contributed by atoms with Gasteiger partial charge in [0.15, 0.2) is 11.5 Å². The van der Waals surface area contributed by atoms with Crippen molar-refractivity contribution < 1.29 is 19.1 Å². The number of carbonyl (C=O) groups excluding carboxylic acids is 2. The molecule has 0 bridgehead atoms. The lowest BCUT2D eigenvalue weighted by molar-refractivity contribution is -0.120. The summed E-state index contributed by atoms with van der Waals surface area (Å²) in [6.07, 6.45) is 0. The van der Waals surface area contributed by atoms with Gasteiger partial charge in [-0.2, -0.15) is 0 Å². The third kappa shape index (κ3) is 3.83. The molecule has 32 heavy (non-hydrogen) atoms. The van der Waals surface area contributed by atoms with Gasteiger partial charge in [-0.3, -0.25) is 9.59 Å². The summed E-state index contributed by atoms with van der Waals surface area (Å²) in [7, 11) is 3.08. The number of rotatable bonds is 6. The van der Waals surface area contributed by atoms with E-state index in [4.69, 9.17) is 9.47 Å². The molecule has 4 rings (SSSR count). The molecule has 3 aromatic rings. The number of nitrogens with zero attached hydrogens (tertiary/aromatic N) is 1. The quantitative estimate of drug-likeness (QED) is 0.576. The number of ether oxygens (including phenoxy) is 2. The van der Waals surface area contributed by atoms with Crippen LogP contribution in [0.4, 0.5) is 11.4 Å². The average molecular weight is 428 g/mol. The molecule has 0 fully saturated rings. The summed E-state index contributed by atoms with van der Waals surface area (Å²) in [5, 5.41) is 3.19. The Balaban J connectivity index is 1.86. The minimum absolute atomic E-state index is 0.217. The predicted octanol–water partition coefficient (Wildman–Crippen LogP) is 4.72. The van der Waals surface area contributed by atoms with Crippen LogP contribution in [0.3, 0.4) is 0 Å². The van der Waals surface area contributed by atoms with Gasteiger partial charge in [-0.1, -0.05) is 30.3 Å². The van der Waals surface area contributed by atoms with Crippen molar-refractivity contribution >= 4 is 28.8 Å². The lowest BCUT2D eigenvalue weighted by Crippen LogP contribution is -2.32. The molecule has 6 heteroatoms. The highest BCUT2D eigenvalue weighted by molar-refractivity contribution is 6.46. The number of hydrogen-bond donors (Lipinski definition) is 1. The topological polar surface area (TPSA) is 67.9 Å². The van der Waals surface area contributed by atoms with Gasteiger partial charge in [0.05, 0.1) is 25.5 Å². The molecule has 0 atom stereocenters. The molecule has 162 valence electrons. The first-order chi connectivity index (χ1) is 15.4. The SMILES string of the molecule is COc1ccc(C2=C(Nc3cccc(C)c3)C(=O)N(c3cccc(C)c3)C2=O)cc1OC. The van der Waals surface area contributed by atoms with E-state index in [1.54, 1.807) is 31.4 Å². The monoisotopic (exact) mass is 428 g/mol. The maximum Gasteiger partial charge on any atom is 0.282 e. The van der Waals surface area contributed by atoms with Crippen LogP contribution in [0.2, 0.25) is 0 Å². The van der Waals surface area contributed by atoms with Crippen LogP contribution >= 0.6 is 0 Å². The van der Waals surface area contributed by atoms with E-state index in [0.29, 0.717) is 22.7 Å². The number of imide groups is 1. The molecule has 1 heterocycles. The fourth-order valence-corrected chi connectivity index (χ4v) is 3.77. The summed E-state index contributed by atoms with van der Waals surface area (Å²) in [5.41, 5.74) is 4.30. The molecular formula is C26H24N2O4. The zero-order valence-corrected chi connectivity index (χ0v) is 18.4. The number of nitrogens with one attached hydrogen (secondary N) is 1. The van der Waals surface area contributed by atoms with E-state index in [9.17, 15) is 9.59 Å². The minimum atomic E-state index is -0.410. The number of anilines is 2. The minimum Gasteiger partial charge on any atom is -0.493 e. The molecule has 0 aromatic heterocycles. The fraction of sp³-hybridized carbons (Fsp3) is 0.154. The Bertz CT molecular complexity index is 1250. The van der Waals surface area contributed by atoms with E-state index in [2.05, 4.69) is 5.32 Å². The van der Waals surface area contributed by atoms with Crippen LogP contribution in [0.15, 0.2) is 72.4 Å². The van der Waals surface area contributed by atoms with E-state index < -0.39 is 11.8 Å². The number of hydrogen-bond acceptors (Lipinski definition) is 5. The first-order valence-electron chi connectivity index (χ1n) is 10.2. The summed E-state index contributed by atoms with van der Waals surface area (Å²) < 4.78 is 10.7. The van der Waals surface area contributed by atoms with Gasteiger partial charge in [0, 0.05) is 5.69 Å². The lowest BCUT2D eigenvalue weighted by atomic mass is 10.0. The van der Waals surface area contributed by atoms with Crippen molar-refractivity contribution in [2.45, 2.75) is 13.8 Å². The van der Waals surface area contributed by atoms with Crippen molar-refractivity contribution in [2.75, 3.05) is 24.4 Å². The van der Waals surface area contributed by atoms with Crippen LogP contribution in [-0.2, 0) is 9.59 Å². The molecule has 2 amide bonds. The summed E-state index contributed by atoms with van der Waals surface area (Å²) in [6, 6.07) is 20.1. The first-order valence-corrected chi connectivity index (χ1v) is 10.2. The third-order valence-corrected chi connectivity index (χ3v) is 5.30. The van der Waals surface area contributed by atoms with Gasteiger partial charge in [-0.15, -0.1) is 0 Å². The highest BCUT2D eigenvalue weighted by Gasteiger charge is 2.40. The number of amides is 2. The van der Waals surface area contributed by atoms with E-state index in [1.807, 2.05) is 56.3 Å². The summed E-state index contributed by atoms with van der Waals surface area (Å²) in [6.45, 7) is 3.89. The molecule has 3 aromatic carbocycles. The molecule has 0 aliphatic carbocycles. The van der Waals surface area contributed by atoms with Gasteiger partial charge in [-0.05, 0) is 66.9 Å². The van der Waals surface area contributed by atoms with Crippen LogP contribution < -0.4 is 19.7 Å². The van der Waals surface area contributed by atoms with Crippen LogP contribution in [0, 0.1) is 13.8 Å². The number of benzene rings is 3. The van der Waals surface area contributed by atoms with Crippen molar-refractivity contribution in [1.29, 1.82) is 0 Å². The molecule has 1 aliphatic rings. The predicted molar refractivity (Wildman–Crippen MR) is 125 cm³/mol. The molecule has 6 nitrogen and oxygen atoms in total. The second kappa shape index (κ2) is 8.59. The van der Waals surface area contributed by atoms with Gasteiger partial charge in [0.2, 0.25) is 0 Å². The molecule has 0 saturated heterocycles. The van der Waals surface area contributed by atoms with Gasteiger partial charge in [0.25, 0.3) is 11.8 Å². The molecule has 0 unspecified atom stereocenters. The van der Waals surface area contributed by atoms with Gasteiger partial charge < -0.3 is 14.8 Å². The molecule has 1 N–H and O–H groups in total. The summed E-state index contributed by atoms with van der Waals surface area (Å²) in [5.74, 6) is 0.203. The Hall–Kier alpha value is -4.06. The Morgan fingerprint density at radius 2 is 1.44 bits per heavy atom. The van der Waals surface area contributed by atoms with Crippen molar-refractivity contribution in [3.8, 4) is 11.5 Å². The molecule has 0 radical (unpaired) electrons. The van der Waals surface area contributed by atoms with Gasteiger partial charge in [-0.25, -0.2) is 4.90 Å². The Morgan fingerprint density at radius 3 is 2.09 bits per heavy atom. The fourth-order valence-electron chi connectivity index (χ4n) is 3.77. The highest BCUT2D eigenvalue weighted by atomic mass is 16.5. The smallest absolute Gasteiger partial charge is 0.282 e. The van der Waals surface area contributed by atoms with Crippen LogP contribution in [0.1, 0.15) is 16.7 Å². The first kappa shape index (κ1) is 21.2. The van der Waals surface area contributed by atoms with Crippen LogP contribution in [-0.4, -0.2) is 26.0 Å². The Kier molecular flexibility index (Phi) is 5.69. The third-order valence-electron chi connectivity index (χ3n) is 5.30. The largest absolute Gasteiger partial charge is 0.493 e. The second-order valence-electron chi connectivity index (χ2n) is 7.60. The molecular weight excluding hydrogens is 404 g/mol. The summed E-state index contributed by atoms with van der Waals surface area (Å²) in [4.78, 5) is 28.3. The van der Waals surface area contributed by atoms with E-state index in [1.165, 1.54) is 12.0 Å². The standard InChI is InChI=1S/C26H24N2O4/c1-16-7-5-9-19(13-16)27-24-23(18-11-12-21(31-3)22(15-18)32-4)25(29)28(26(24)30)20-10-6-8-17(2)14-20/h5-15,27H,1-4H3. The Morgan fingerprint density at radius 1 is 0.750 bits per heavy atom.